The third-order valence-corrected chi connectivity index (χ3v) is 6.67. The van der Waals surface area contributed by atoms with E-state index in [1.54, 1.807) is 0 Å². The lowest BCUT2D eigenvalue weighted by atomic mass is 10.2. The summed E-state index contributed by atoms with van der Waals surface area (Å²) in [5.74, 6) is -0.979. The molecule has 0 aliphatic carbocycles. The van der Waals surface area contributed by atoms with E-state index >= 15 is 0 Å². The SMILES string of the molecule is COC(=O)c1nc(NC(C)=O)sc1-c1ccc(S(=O)(=O)N(C)Cc2ccccc2)o1. The quantitative estimate of drug-likeness (QED) is 0.551. The molecule has 0 aliphatic heterocycles. The summed E-state index contributed by atoms with van der Waals surface area (Å²) in [6.45, 7) is 1.47. The van der Waals surface area contributed by atoms with Crippen LogP contribution in [0.15, 0.2) is 52.0 Å². The summed E-state index contributed by atoms with van der Waals surface area (Å²) in [5, 5.41) is 2.38. The van der Waals surface area contributed by atoms with Crippen molar-refractivity contribution < 1.29 is 27.2 Å². The minimum absolute atomic E-state index is 0.0813. The number of benzene rings is 1. The molecule has 0 aliphatic rings. The highest BCUT2D eigenvalue weighted by molar-refractivity contribution is 7.88. The first-order chi connectivity index (χ1) is 14.2. The topological polar surface area (TPSA) is 119 Å². The van der Waals surface area contributed by atoms with Gasteiger partial charge in [0.25, 0.3) is 10.0 Å². The van der Waals surface area contributed by atoms with Gasteiger partial charge in [0, 0.05) is 20.5 Å². The van der Waals surface area contributed by atoms with Crippen LogP contribution in [-0.2, 0) is 26.1 Å². The molecule has 3 aromatic rings. The van der Waals surface area contributed by atoms with E-state index in [-0.39, 0.29) is 39.0 Å². The number of anilines is 1. The largest absolute Gasteiger partial charge is 0.464 e. The van der Waals surface area contributed by atoms with Crippen molar-refractivity contribution >= 4 is 38.4 Å². The van der Waals surface area contributed by atoms with Crippen LogP contribution in [0.2, 0.25) is 0 Å². The molecule has 3 rings (SSSR count). The lowest BCUT2D eigenvalue weighted by molar-refractivity contribution is -0.114. The van der Waals surface area contributed by atoms with Crippen LogP contribution in [0.5, 0.6) is 0 Å². The van der Waals surface area contributed by atoms with Gasteiger partial charge in [0.2, 0.25) is 11.0 Å². The Kier molecular flexibility index (Phi) is 6.34. The number of carbonyl (C=O) groups excluding carboxylic acids is 2. The fraction of sp³-hybridized carbons (Fsp3) is 0.211. The molecule has 2 heterocycles. The van der Waals surface area contributed by atoms with Crippen LogP contribution in [0.4, 0.5) is 5.13 Å². The number of furan rings is 1. The first-order valence-electron chi connectivity index (χ1n) is 8.69. The van der Waals surface area contributed by atoms with Gasteiger partial charge in [-0.3, -0.25) is 4.79 Å². The van der Waals surface area contributed by atoms with E-state index in [4.69, 9.17) is 9.15 Å². The number of esters is 1. The fourth-order valence-electron chi connectivity index (χ4n) is 2.59. The Hall–Kier alpha value is -3.02. The van der Waals surface area contributed by atoms with Gasteiger partial charge in [0.1, 0.15) is 10.6 Å². The van der Waals surface area contributed by atoms with Gasteiger partial charge >= 0.3 is 5.97 Å². The number of nitrogens with one attached hydrogen (secondary N) is 1. The predicted molar refractivity (Wildman–Crippen MR) is 111 cm³/mol. The first-order valence-corrected chi connectivity index (χ1v) is 10.9. The average Bonchev–Trinajstić information content (AvgIpc) is 3.35. The van der Waals surface area contributed by atoms with E-state index in [1.165, 1.54) is 37.5 Å². The van der Waals surface area contributed by atoms with Crippen LogP contribution in [0.1, 0.15) is 23.0 Å². The lowest BCUT2D eigenvalue weighted by Crippen LogP contribution is -2.26. The van der Waals surface area contributed by atoms with E-state index in [0.717, 1.165) is 16.9 Å². The van der Waals surface area contributed by atoms with Crippen molar-refractivity contribution in [3.63, 3.8) is 0 Å². The van der Waals surface area contributed by atoms with Gasteiger partial charge in [-0.1, -0.05) is 41.7 Å². The van der Waals surface area contributed by atoms with E-state index in [2.05, 4.69) is 10.3 Å². The smallest absolute Gasteiger partial charge is 0.358 e. The summed E-state index contributed by atoms with van der Waals surface area (Å²) in [7, 11) is -1.27. The van der Waals surface area contributed by atoms with Crippen LogP contribution < -0.4 is 5.32 Å². The van der Waals surface area contributed by atoms with Gasteiger partial charge in [-0.15, -0.1) is 0 Å². The highest BCUT2D eigenvalue weighted by Crippen LogP contribution is 2.36. The third-order valence-electron chi connectivity index (χ3n) is 4.01. The van der Waals surface area contributed by atoms with Gasteiger partial charge in [-0.05, 0) is 17.7 Å². The maximum Gasteiger partial charge on any atom is 0.358 e. The molecular weight excluding hydrogens is 430 g/mol. The molecule has 1 amide bonds. The zero-order chi connectivity index (χ0) is 21.9. The summed E-state index contributed by atoms with van der Waals surface area (Å²) in [5.41, 5.74) is 0.743. The van der Waals surface area contributed by atoms with Crippen molar-refractivity contribution in [3.05, 3.63) is 53.7 Å². The Morgan fingerprint density at radius 2 is 1.90 bits per heavy atom. The van der Waals surface area contributed by atoms with E-state index < -0.39 is 16.0 Å². The van der Waals surface area contributed by atoms with Crippen molar-refractivity contribution in [2.24, 2.45) is 0 Å². The summed E-state index contributed by atoms with van der Waals surface area (Å²) >= 11 is 0.974. The summed E-state index contributed by atoms with van der Waals surface area (Å²) in [6, 6.07) is 11.9. The molecule has 0 atom stereocenters. The number of sulfonamides is 1. The second-order valence-corrected chi connectivity index (χ2v) is 9.21. The fourth-order valence-corrected chi connectivity index (χ4v) is 4.61. The van der Waals surface area contributed by atoms with Crippen LogP contribution in [0, 0.1) is 0 Å². The molecule has 11 heteroatoms. The molecule has 1 N–H and O–H groups in total. The van der Waals surface area contributed by atoms with Crippen molar-refractivity contribution in [2.45, 2.75) is 18.6 Å². The molecule has 0 bridgehead atoms. The lowest BCUT2D eigenvalue weighted by Gasteiger charge is -2.15. The molecule has 30 heavy (non-hydrogen) atoms. The third kappa shape index (κ3) is 4.58. The number of rotatable bonds is 7. The Balaban J connectivity index is 1.92. The van der Waals surface area contributed by atoms with Gasteiger partial charge in [-0.25, -0.2) is 18.2 Å². The minimum atomic E-state index is -3.91. The molecule has 0 radical (unpaired) electrons. The summed E-state index contributed by atoms with van der Waals surface area (Å²) in [4.78, 5) is 27.7. The van der Waals surface area contributed by atoms with Crippen LogP contribution >= 0.6 is 11.3 Å². The van der Waals surface area contributed by atoms with Crippen molar-refractivity contribution in [3.8, 4) is 10.6 Å². The summed E-state index contributed by atoms with van der Waals surface area (Å²) < 4.78 is 37.2. The Morgan fingerprint density at radius 1 is 1.20 bits per heavy atom. The van der Waals surface area contributed by atoms with Gasteiger partial charge < -0.3 is 14.5 Å². The van der Waals surface area contributed by atoms with E-state index in [1.807, 2.05) is 30.3 Å². The van der Waals surface area contributed by atoms with Gasteiger partial charge in [-0.2, -0.15) is 4.31 Å². The zero-order valence-electron chi connectivity index (χ0n) is 16.4. The number of thiazole rings is 1. The number of aromatic nitrogens is 1. The first kappa shape index (κ1) is 21.7. The number of ether oxygens (including phenoxy) is 1. The van der Waals surface area contributed by atoms with Crippen LogP contribution in [0.25, 0.3) is 10.6 Å². The highest BCUT2D eigenvalue weighted by Gasteiger charge is 2.28. The molecule has 9 nitrogen and oxygen atoms in total. The molecule has 0 spiro atoms. The normalized spacial score (nSPS) is 11.5. The van der Waals surface area contributed by atoms with Crippen molar-refractivity contribution in [1.82, 2.24) is 9.29 Å². The highest BCUT2D eigenvalue weighted by atomic mass is 32.2. The summed E-state index contributed by atoms with van der Waals surface area (Å²) in [6.07, 6.45) is 0. The monoisotopic (exact) mass is 449 g/mol. The van der Waals surface area contributed by atoms with Crippen molar-refractivity contribution in [1.29, 1.82) is 0 Å². The standard InChI is InChI=1S/C19H19N3O6S2/c1-12(23)20-19-21-16(18(24)27-3)17(29-19)14-9-10-15(28-14)30(25,26)22(2)11-13-7-5-4-6-8-13/h4-10H,11H2,1-3H3,(H,20,21,23). The average molecular weight is 450 g/mol. The van der Waals surface area contributed by atoms with Crippen molar-refractivity contribution in [2.75, 3.05) is 19.5 Å². The van der Waals surface area contributed by atoms with E-state index in [0.29, 0.717) is 0 Å². The minimum Gasteiger partial charge on any atom is -0.464 e. The second kappa shape index (κ2) is 8.78. The number of carbonyl (C=O) groups is 2. The number of hydrogen-bond donors (Lipinski definition) is 1. The van der Waals surface area contributed by atoms with Gasteiger partial charge in [0.05, 0.1) is 7.11 Å². The predicted octanol–water partition coefficient (Wildman–Crippen LogP) is 2.97. The molecule has 0 unspecified atom stereocenters. The number of nitrogens with zero attached hydrogens (tertiary/aromatic N) is 2. The van der Waals surface area contributed by atoms with Crippen LogP contribution in [-0.4, -0.2) is 43.7 Å². The van der Waals surface area contributed by atoms with Crippen LogP contribution in [0.3, 0.4) is 0 Å². The number of methoxy groups -OCH3 is 1. The number of hydrogen-bond acceptors (Lipinski definition) is 8. The second-order valence-electron chi connectivity index (χ2n) is 6.23. The molecule has 0 saturated carbocycles. The zero-order valence-corrected chi connectivity index (χ0v) is 18.0. The molecule has 1 aromatic carbocycles. The number of amides is 1. The molecule has 158 valence electrons. The molecule has 0 saturated heterocycles. The molecule has 2 aromatic heterocycles. The Bertz CT molecular complexity index is 1170. The molecular formula is C19H19N3O6S2. The van der Waals surface area contributed by atoms with E-state index in [9.17, 15) is 18.0 Å². The maximum atomic E-state index is 12.9. The van der Waals surface area contributed by atoms with Gasteiger partial charge in [0.15, 0.2) is 10.8 Å². The Morgan fingerprint density at radius 3 is 2.53 bits per heavy atom. The molecule has 0 fully saturated rings. The Labute approximate surface area is 177 Å². The maximum absolute atomic E-state index is 12.9.